The zero-order chi connectivity index (χ0) is 9.73. The van der Waals surface area contributed by atoms with Gasteiger partial charge in [-0.25, -0.2) is 0 Å². The van der Waals surface area contributed by atoms with E-state index in [0.29, 0.717) is 13.2 Å². The fourth-order valence-electron chi connectivity index (χ4n) is 1.47. The zero-order valence-electron chi connectivity index (χ0n) is 8.23. The van der Waals surface area contributed by atoms with Gasteiger partial charge in [0, 0.05) is 0 Å². The minimum atomic E-state index is -2.83. The molecule has 1 aliphatic rings. The van der Waals surface area contributed by atoms with E-state index in [1.165, 1.54) is 0 Å². The lowest BCUT2D eigenvalue weighted by atomic mass is 10.3. The van der Waals surface area contributed by atoms with Gasteiger partial charge < -0.3 is 9.05 Å². The zero-order valence-corrected chi connectivity index (χ0v) is 9.13. The van der Waals surface area contributed by atoms with Crippen molar-refractivity contribution in [1.82, 2.24) is 0 Å². The van der Waals surface area contributed by atoms with Gasteiger partial charge in [0.25, 0.3) is 0 Å². The molecule has 0 saturated carbocycles. The highest BCUT2D eigenvalue weighted by molar-refractivity contribution is 7.54. The van der Waals surface area contributed by atoms with Crippen LogP contribution >= 0.6 is 7.60 Å². The van der Waals surface area contributed by atoms with Crippen molar-refractivity contribution in [1.29, 1.82) is 0 Å². The van der Waals surface area contributed by atoms with Crippen LogP contribution in [0.2, 0.25) is 0 Å². The van der Waals surface area contributed by atoms with E-state index in [4.69, 9.17) is 9.05 Å². The van der Waals surface area contributed by atoms with Crippen LogP contribution in [0.1, 0.15) is 26.7 Å². The smallest absolute Gasteiger partial charge is 0.309 e. The molecule has 0 spiro atoms. The van der Waals surface area contributed by atoms with Crippen molar-refractivity contribution in [2.75, 3.05) is 13.2 Å². The first-order chi connectivity index (χ1) is 6.23. The predicted octanol–water partition coefficient (Wildman–Crippen LogP) is 2.97. The lowest BCUT2D eigenvalue weighted by molar-refractivity contribution is 0.212. The van der Waals surface area contributed by atoms with Crippen LogP contribution in [0.4, 0.5) is 0 Å². The Labute approximate surface area is 79.7 Å². The Morgan fingerprint density at radius 1 is 1.23 bits per heavy atom. The van der Waals surface area contributed by atoms with Gasteiger partial charge in [-0.15, -0.1) is 0 Å². The Kier molecular flexibility index (Phi) is 4.17. The topological polar surface area (TPSA) is 35.5 Å². The number of hydrogen-bond acceptors (Lipinski definition) is 3. The van der Waals surface area contributed by atoms with Crippen LogP contribution in [0.5, 0.6) is 0 Å². The van der Waals surface area contributed by atoms with Crippen molar-refractivity contribution in [3.05, 3.63) is 12.2 Å². The molecule has 1 rings (SSSR count). The van der Waals surface area contributed by atoms with Gasteiger partial charge in [0.15, 0.2) is 0 Å². The van der Waals surface area contributed by atoms with Gasteiger partial charge in [-0.05, 0) is 26.7 Å². The summed E-state index contributed by atoms with van der Waals surface area (Å²) in [7, 11) is -2.83. The second kappa shape index (κ2) is 4.94. The van der Waals surface area contributed by atoms with Gasteiger partial charge in [0.05, 0.1) is 18.9 Å². The van der Waals surface area contributed by atoms with Crippen molar-refractivity contribution < 1.29 is 13.6 Å². The molecular formula is C9H17O3P. The van der Waals surface area contributed by atoms with Crippen LogP contribution in [0.25, 0.3) is 0 Å². The van der Waals surface area contributed by atoms with E-state index < -0.39 is 7.60 Å². The van der Waals surface area contributed by atoms with E-state index in [-0.39, 0.29) is 5.66 Å². The Bertz CT molecular complexity index is 207. The van der Waals surface area contributed by atoms with E-state index in [1.807, 2.05) is 26.0 Å². The maximum absolute atomic E-state index is 12.1. The predicted molar refractivity (Wildman–Crippen MR) is 53.0 cm³/mol. The van der Waals surface area contributed by atoms with Gasteiger partial charge in [-0.1, -0.05) is 12.2 Å². The molecule has 0 saturated heterocycles. The molecule has 0 amide bonds. The molecule has 0 aromatic heterocycles. The molecule has 0 aromatic rings. The number of rotatable bonds is 5. The fraction of sp³-hybridized carbons (Fsp3) is 0.778. The van der Waals surface area contributed by atoms with Crippen molar-refractivity contribution in [3.63, 3.8) is 0 Å². The van der Waals surface area contributed by atoms with Gasteiger partial charge >= 0.3 is 7.60 Å². The molecule has 0 bridgehead atoms. The lowest BCUT2D eigenvalue weighted by Gasteiger charge is -2.22. The third-order valence-electron chi connectivity index (χ3n) is 2.05. The highest BCUT2D eigenvalue weighted by Gasteiger charge is 2.35. The normalized spacial score (nSPS) is 18.3. The maximum Gasteiger partial charge on any atom is 0.334 e. The molecule has 0 fully saturated rings. The summed E-state index contributed by atoms with van der Waals surface area (Å²) in [6.45, 7) is 4.59. The maximum atomic E-state index is 12.1. The Morgan fingerprint density at radius 3 is 2.08 bits per heavy atom. The van der Waals surface area contributed by atoms with E-state index in [9.17, 15) is 4.57 Å². The Hall–Kier alpha value is -0.110. The van der Waals surface area contributed by atoms with Crippen LogP contribution in [-0.4, -0.2) is 18.9 Å². The molecule has 0 aromatic carbocycles. The molecule has 0 unspecified atom stereocenters. The first kappa shape index (κ1) is 11.0. The molecule has 0 atom stereocenters. The van der Waals surface area contributed by atoms with Crippen molar-refractivity contribution in [2.24, 2.45) is 0 Å². The van der Waals surface area contributed by atoms with Gasteiger partial charge in [-0.2, -0.15) is 0 Å². The summed E-state index contributed by atoms with van der Waals surface area (Å²) in [4.78, 5) is 0. The summed E-state index contributed by atoms with van der Waals surface area (Å²) < 4.78 is 22.6. The van der Waals surface area contributed by atoms with E-state index >= 15 is 0 Å². The van der Waals surface area contributed by atoms with Crippen LogP contribution in [0.15, 0.2) is 12.2 Å². The number of hydrogen-bond donors (Lipinski definition) is 0. The van der Waals surface area contributed by atoms with Crippen LogP contribution in [0, 0.1) is 0 Å². The molecule has 4 heteroatoms. The molecule has 76 valence electrons. The molecule has 0 heterocycles. The molecule has 0 aliphatic heterocycles. The average Bonchev–Trinajstić information content (AvgIpc) is 2.57. The summed E-state index contributed by atoms with van der Waals surface area (Å²) >= 11 is 0. The molecule has 3 nitrogen and oxygen atoms in total. The van der Waals surface area contributed by atoms with Crippen molar-refractivity contribution >= 4 is 7.60 Å². The Balaban J connectivity index is 2.60. The molecule has 0 N–H and O–H groups in total. The van der Waals surface area contributed by atoms with Crippen LogP contribution < -0.4 is 0 Å². The Morgan fingerprint density at radius 2 is 1.69 bits per heavy atom. The number of allylic oxidation sites excluding steroid dienone is 2. The first-order valence-electron chi connectivity index (χ1n) is 4.76. The first-order valence-corrected chi connectivity index (χ1v) is 6.38. The minimum absolute atomic E-state index is 0.0485. The fourth-order valence-corrected chi connectivity index (χ4v) is 3.44. The third-order valence-corrected chi connectivity index (χ3v) is 4.60. The van der Waals surface area contributed by atoms with Gasteiger partial charge in [0.1, 0.15) is 0 Å². The lowest BCUT2D eigenvalue weighted by Crippen LogP contribution is -2.09. The van der Waals surface area contributed by atoms with Crippen LogP contribution in [0.3, 0.4) is 0 Å². The second-order valence-electron chi connectivity index (χ2n) is 2.97. The third kappa shape index (κ3) is 2.67. The summed E-state index contributed by atoms with van der Waals surface area (Å²) in [5.41, 5.74) is 0.0485. The standard InChI is InChI=1S/C9H17O3P/c1-3-11-13(10,12-4-2)9-7-5-6-8-9/h5-6,9H,3-4,7-8H2,1-2H3. The van der Waals surface area contributed by atoms with Gasteiger partial charge in [0.2, 0.25) is 0 Å². The summed E-state index contributed by atoms with van der Waals surface area (Å²) in [5, 5.41) is 0. The summed E-state index contributed by atoms with van der Waals surface area (Å²) in [5.74, 6) is 0. The van der Waals surface area contributed by atoms with Crippen molar-refractivity contribution in [3.8, 4) is 0 Å². The molecule has 0 radical (unpaired) electrons. The SMILES string of the molecule is CCOP(=O)(OCC)C1CC=CC1. The van der Waals surface area contributed by atoms with E-state index in [1.54, 1.807) is 0 Å². The van der Waals surface area contributed by atoms with Crippen molar-refractivity contribution in [2.45, 2.75) is 32.3 Å². The molecule has 13 heavy (non-hydrogen) atoms. The monoisotopic (exact) mass is 204 g/mol. The largest absolute Gasteiger partial charge is 0.334 e. The van der Waals surface area contributed by atoms with Crippen LogP contribution in [-0.2, 0) is 13.6 Å². The van der Waals surface area contributed by atoms with Gasteiger partial charge in [-0.3, -0.25) is 4.57 Å². The average molecular weight is 204 g/mol. The summed E-state index contributed by atoms with van der Waals surface area (Å²) in [6, 6.07) is 0. The van der Waals surface area contributed by atoms with E-state index in [0.717, 1.165) is 12.8 Å². The minimum Gasteiger partial charge on any atom is -0.309 e. The van der Waals surface area contributed by atoms with E-state index in [2.05, 4.69) is 0 Å². The molecular weight excluding hydrogens is 187 g/mol. The highest BCUT2D eigenvalue weighted by Crippen LogP contribution is 2.56. The highest BCUT2D eigenvalue weighted by atomic mass is 31.2. The summed E-state index contributed by atoms with van der Waals surface area (Å²) in [6.07, 6.45) is 5.71. The molecule has 1 aliphatic carbocycles. The second-order valence-corrected chi connectivity index (χ2v) is 5.30. The quantitative estimate of drug-likeness (QED) is 0.510.